The molecule has 4 aliphatic rings. The summed E-state index contributed by atoms with van der Waals surface area (Å²) in [6.45, 7) is 11.5. The number of Topliss-reactive ketones (excluding diaryl/α,β-unsaturated/α-hetero) is 4. The van der Waals surface area contributed by atoms with Gasteiger partial charge < -0.3 is 20.1 Å². The van der Waals surface area contributed by atoms with Crippen molar-refractivity contribution in [2.75, 3.05) is 6.61 Å². The quantitative estimate of drug-likeness (QED) is 0.211. The number of ether oxygens (including phenoxy) is 1. The highest BCUT2D eigenvalue weighted by atomic mass is 16.5. The van der Waals surface area contributed by atoms with Gasteiger partial charge in [-0.15, -0.1) is 0 Å². The maximum absolute atomic E-state index is 14.3. The van der Waals surface area contributed by atoms with Crippen LogP contribution in [-0.4, -0.2) is 68.6 Å². The van der Waals surface area contributed by atoms with Gasteiger partial charge in [0, 0.05) is 47.8 Å². The van der Waals surface area contributed by atoms with Gasteiger partial charge in [-0.1, -0.05) is 26.8 Å². The highest BCUT2D eigenvalue weighted by Crippen LogP contribution is 2.69. The van der Waals surface area contributed by atoms with Gasteiger partial charge >= 0.3 is 17.9 Å². The fourth-order valence-corrected chi connectivity index (χ4v) is 9.49. The van der Waals surface area contributed by atoms with Crippen LogP contribution in [0.1, 0.15) is 106 Å². The lowest BCUT2D eigenvalue weighted by Crippen LogP contribution is -2.60. The Kier molecular flexibility index (Phi) is 9.44. The summed E-state index contributed by atoms with van der Waals surface area (Å²) in [6, 6.07) is 0. The molecule has 2 fully saturated rings. The van der Waals surface area contributed by atoms with Crippen LogP contribution in [0.3, 0.4) is 0 Å². The van der Waals surface area contributed by atoms with Gasteiger partial charge in [-0.3, -0.25) is 28.8 Å². The van der Waals surface area contributed by atoms with E-state index in [4.69, 9.17) is 9.84 Å². The van der Waals surface area contributed by atoms with Gasteiger partial charge in [0.15, 0.2) is 11.6 Å². The molecule has 258 valence electrons. The van der Waals surface area contributed by atoms with Crippen molar-refractivity contribution in [1.82, 2.24) is 0 Å². The van der Waals surface area contributed by atoms with Gasteiger partial charge in [0.1, 0.15) is 18.2 Å². The second-order valence-electron chi connectivity index (χ2n) is 15.7. The summed E-state index contributed by atoms with van der Waals surface area (Å²) >= 11 is 0. The lowest BCUT2D eigenvalue weighted by molar-refractivity contribution is -0.164. The molecule has 0 bridgehead atoms. The number of allylic oxidation sites excluding steroid dienone is 3. The van der Waals surface area contributed by atoms with Crippen LogP contribution in [0.4, 0.5) is 0 Å². The van der Waals surface area contributed by atoms with Crippen LogP contribution in [0.2, 0.25) is 0 Å². The first-order chi connectivity index (χ1) is 21.5. The van der Waals surface area contributed by atoms with Crippen LogP contribution < -0.4 is 0 Å². The van der Waals surface area contributed by atoms with Gasteiger partial charge in [0.25, 0.3) is 0 Å². The number of hydrogen-bond donors (Lipinski definition) is 3. The van der Waals surface area contributed by atoms with Crippen molar-refractivity contribution < 1.29 is 53.6 Å². The smallest absolute Gasteiger partial charge is 0.330 e. The van der Waals surface area contributed by atoms with Gasteiger partial charge in [-0.05, 0) is 70.1 Å². The zero-order valence-corrected chi connectivity index (χ0v) is 28.5. The average molecular weight is 657 g/mol. The molecule has 0 radical (unpaired) electrons. The number of esters is 1. The molecule has 8 atom stereocenters. The Labute approximate surface area is 275 Å². The van der Waals surface area contributed by atoms with Crippen molar-refractivity contribution >= 4 is 41.0 Å². The molecule has 4 aliphatic carbocycles. The van der Waals surface area contributed by atoms with Gasteiger partial charge in [0.05, 0.1) is 29.3 Å². The normalized spacial score (nSPS) is 35.9. The van der Waals surface area contributed by atoms with E-state index in [-0.39, 0.29) is 71.8 Å². The summed E-state index contributed by atoms with van der Waals surface area (Å²) in [4.78, 5) is 91.2. The Morgan fingerprint density at radius 3 is 2.21 bits per heavy atom. The predicted octanol–water partition coefficient (Wildman–Crippen LogP) is 4.43. The first-order valence-corrected chi connectivity index (χ1v) is 16.4. The van der Waals surface area contributed by atoms with E-state index in [1.807, 2.05) is 20.8 Å². The maximum atomic E-state index is 14.3. The molecule has 0 amide bonds. The van der Waals surface area contributed by atoms with E-state index in [0.717, 1.165) is 0 Å². The van der Waals surface area contributed by atoms with Gasteiger partial charge in [-0.25, -0.2) is 4.79 Å². The van der Waals surface area contributed by atoms with Crippen molar-refractivity contribution in [1.29, 1.82) is 0 Å². The molecule has 2 saturated carbocycles. The number of ketones is 4. The first-order valence-electron chi connectivity index (χ1n) is 16.4. The number of carbonyl (C=O) groups excluding carboxylic acids is 5. The molecule has 0 aromatic carbocycles. The minimum Gasteiger partial charge on any atom is -0.481 e. The van der Waals surface area contributed by atoms with E-state index in [1.54, 1.807) is 19.9 Å². The number of aliphatic hydroxyl groups is 1. The molecule has 11 nitrogen and oxygen atoms in total. The van der Waals surface area contributed by atoms with Gasteiger partial charge in [0.2, 0.25) is 0 Å². The van der Waals surface area contributed by atoms with E-state index in [2.05, 4.69) is 0 Å². The third-order valence-corrected chi connectivity index (χ3v) is 12.5. The molecule has 4 rings (SSSR count). The van der Waals surface area contributed by atoms with Crippen molar-refractivity contribution in [2.45, 2.75) is 112 Å². The molecule has 1 unspecified atom stereocenters. The molecule has 0 heterocycles. The minimum absolute atomic E-state index is 0.0258. The number of aliphatic carboxylic acids is 2. The van der Waals surface area contributed by atoms with E-state index < -0.39 is 70.5 Å². The molecule has 0 aromatic heterocycles. The third kappa shape index (κ3) is 5.93. The van der Waals surface area contributed by atoms with Gasteiger partial charge in [-0.2, -0.15) is 0 Å². The van der Waals surface area contributed by atoms with E-state index >= 15 is 0 Å². The number of rotatable bonds is 11. The number of carbonyl (C=O) groups is 7. The largest absolute Gasteiger partial charge is 0.481 e. The number of carboxylic acids is 2. The summed E-state index contributed by atoms with van der Waals surface area (Å²) in [5.74, 6) is -4.98. The number of hydrogen-bond acceptors (Lipinski definition) is 9. The summed E-state index contributed by atoms with van der Waals surface area (Å²) in [5.41, 5.74) is -5.37. The lowest BCUT2D eigenvalue weighted by atomic mass is 9.42. The van der Waals surface area contributed by atoms with Crippen molar-refractivity contribution in [2.24, 2.45) is 39.4 Å². The second kappa shape index (κ2) is 12.2. The second-order valence-corrected chi connectivity index (χ2v) is 15.7. The summed E-state index contributed by atoms with van der Waals surface area (Å²) in [5, 5.41) is 28.5. The van der Waals surface area contributed by atoms with E-state index in [0.29, 0.717) is 24.8 Å². The van der Waals surface area contributed by atoms with Crippen molar-refractivity contribution in [3.05, 3.63) is 22.8 Å². The van der Waals surface area contributed by atoms with Crippen molar-refractivity contribution in [3.8, 4) is 0 Å². The van der Waals surface area contributed by atoms with E-state index in [1.165, 1.54) is 13.8 Å². The Morgan fingerprint density at radius 2 is 1.62 bits per heavy atom. The molecule has 0 saturated heterocycles. The Balaban J connectivity index is 1.67. The Morgan fingerprint density at radius 1 is 0.979 bits per heavy atom. The average Bonchev–Trinajstić information content (AvgIpc) is 3.15. The molecule has 11 heteroatoms. The van der Waals surface area contributed by atoms with Crippen LogP contribution in [0.15, 0.2) is 22.8 Å². The predicted molar refractivity (Wildman–Crippen MR) is 168 cm³/mol. The molecule has 0 aromatic rings. The van der Waals surface area contributed by atoms with Crippen molar-refractivity contribution in [3.63, 3.8) is 0 Å². The fourth-order valence-electron chi connectivity index (χ4n) is 9.49. The molecule has 0 spiro atoms. The first kappa shape index (κ1) is 36.4. The molecular weight excluding hydrogens is 608 g/mol. The summed E-state index contributed by atoms with van der Waals surface area (Å²) in [7, 11) is 0. The third-order valence-electron chi connectivity index (χ3n) is 12.5. The summed E-state index contributed by atoms with van der Waals surface area (Å²) in [6.07, 6.45) is 2.01. The zero-order valence-electron chi connectivity index (χ0n) is 28.5. The minimum atomic E-state index is -1.86. The molecule has 0 aliphatic heterocycles. The summed E-state index contributed by atoms with van der Waals surface area (Å²) < 4.78 is 5.47. The SMILES string of the molecule is C/C(=C\CC[C@@H](C)[C@H]1CC(=O)[C@@]2(C)C3=C(C(=O)C[C@]12C)[C@@]1(C)CCC(=O)[C@@](C)(COC(=O)CC(C)(O)CC(=O)O)[C@@H]1CC3=O)C(=O)O. The van der Waals surface area contributed by atoms with Crippen LogP contribution in [0.25, 0.3) is 0 Å². The monoisotopic (exact) mass is 656 g/mol. The zero-order chi connectivity index (χ0) is 35.5. The van der Waals surface area contributed by atoms with Crippen LogP contribution in [0, 0.1) is 39.4 Å². The maximum Gasteiger partial charge on any atom is 0.330 e. The standard InChI is InChI=1S/C36H48O11/c1-19(9-8-10-20(2)31(44)45)21-13-26(40)36(7)30-22(37)14-24-33(4,29(30)23(38)15-35(21,36)6)12-11-25(39)34(24,5)18-47-28(43)17-32(3,46)16-27(41)42/h10,19,21,24,46H,8-9,11-18H2,1-7H3,(H,41,42)(H,44,45)/b20-10+/t19-,21-,24-,32?,33+,34+,35-,36+/m1/s1. The number of fused-ring (bicyclic) bond motifs is 4. The molecule has 47 heavy (non-hydrogen) atoms. The molecular formula is C36H48O11. The van der Waals surface area contributed by atoms with Crippen LogP contribution in [0.5, 0.6) is 0 Å². The Bertz CT molecular complexity index is 1500. The van der Waals surface area contributed by atoms with E-state index in [9.17, 15) is 43.8 Å². The van der Waals surface area contributed by atoms with Crippen LogP contribution in [-0.2, 0) is 38.3 Å². The number of carboxylic acid groups (broad SMARTS) is 2. The van der Waals surface area contributed by atoms with Crippen LogP contribution >= 0.6 is 0 Å². The fraction of sp³-hybridized carbons (Fsp3) is 0.694. The lowest BCUT2D eigenvalue weighted by Gasteiger charge is -2.58. The topological polar surface area (TPSA) is 189 Å². The highest BCUT2D eigenvalue weighted by molar-refractivity contribution is 6.16. The Hall–Kier alpha value is -3.47. The molecule has 3 N–H and O–H groups in total. The highest BCUT2D eigenvalue weighted by Gasteiger charge is 2.71.